The highest BCUT2D eigenvalue weighted by atomic mass is 19.1. The number of anilines is 1. The molecule has 0 unspecified atom stereocenters. The van der Waals surface area contributed by atoms with Gasteiger partial charge in [0.2, 0.25) is 11.8 Å². The van der Waals surface area contributed by atoms with Crippen LogP contribution >= 0.6 is 0 Å². The van der Waals surface area contributed by atoms with E-state index in [1.807, 2.05) is 36.7 Å². The fraction of sp³-hybridized carbons (Fsp3) is 0.444. The van der Waals surface area contributed by atoms with Crippen molar-refractivity contribution in [1.82, 2.24) is 19.8 Å². The van der Waals surface area contributed by atoms with Crippen molar-refractivity contribution in [2.45, 2.75) is 63.6 Å². The molecule has 0 bridgehead atoms. The average molecular weight is 478 g/mol. The number of carbonyl (C=O) groups excluding carboxylic acids is 2. The fourth-order valence-electron chi connectivity index (χ4n) is 5.84. The van der Waals surface area contributed by atoms with Gasteiger partial charge in [0.05, 0.1) is 23.1 Å². The first kappa shape index (κ1) is 23.5. The van der Waals surface area contributed by atoms with E-state index in [1.54, 1.807) is 12.1 Å². The Morgan fingerprint density at radius 3 is 2.77 bits per heavy atom. The van der Waals surface area contributed by atoms with Crippen LogP contribution in [-0.2, 0) is 16.6 Å². The summed E-state index contributed by atoms with van der Waals surface area (Å²) in [6.07, 6.45) is 3.85. The highest BCUT2D eigenvalue weighted by Gasteiger charge is 2.50. The number of fused-ring (bicyclic) bond motifs is 2. The topological polar surface area (TPSA) is 79.3 Å². The van der Waals surface area contributed by atoms with Crippen molar-refractivity contribution in [3.63, 3.8) is 0 Å². The SMILES string of the molecule is Cc1nc2cc(NC(=O)CN3[C@H]4CCCCC(=O)N[C@@]4(C)C[C@H]3c3ccc(F)cc3)ccc2n1C. The first-order chi connectivity index (χ1) is 16.7. The highest BCUT2D eigenvalue weighted by Crippen LogP contribution is 2.44. The molecule has 2 aliphatic rings. The van der Waals surface area contributed by atoms with Gasteiger partial charge in [-0.1, -0.05) is 18.6 Å². The monoisotopic (exact) mass is 477 g/mol. The van der Waals surface area contributed by atoms with Gasteiger partial charge in [-0.05, 0) is 69.0 Å². The smallest absolute Gasteiger partial charge is 0.238 e. The van der Waals surface area contributed by atoms with Crippen LogP contribution in [0.3, 0.4) is 0 Å². The van der Waals surface area contributed by atoms with Crippen LogP contribution in [0.4, 0.5) is 10.1 Å². The van der Waals surface area contributed by atoms with Crippen LogP contribution in [0.5, 0.6) is 0 Å². The fourth-order valence-corrected chi connectivity index (χ4v) is 5.84. The number of likely N-dealkylation sites (tertiary alicyclic amines) is 1. The summed E-state index contributed by atoms with van der Waals surface area (Å²) >= 11 is 0. The predicted octanol–water partition coefficient (Wildman–Crippen LogP) is 4.22. The highest BCUT2D eigenvalue weighted by molar-refractivity contribution is 5.94. The molecule has 5 rings (SSSR count). The molecule has 2 amide bonds. The molecule has 184 valence electrons. The van der Waals surface area contributed by atoms with Gasteiger partial charge in [0.1, 0.15) is 11.6 Å². The normalized spacial score (nSPS) is 25.1. The standard InChI is InChI=1S/C27H32FN5O2/c1-17-29-21-14-20(12-13-22(21)32(17)3)30-26(35)16-33-23(18-8-10-19(28)11-9-18)15-27(2)24(33)6-4-5-7-25(34)31-27/h8-14,23-24H,4-7,15-16H2,1-3H3,(H,30,35)(H,31,34)/t23-,24-,27-/m0/s1. The molecule has 0 spiro atoms. The summed E-state index contributed by atoms with van der Waals surface area (Å²) in [7, 11) is 1.97. The van der Waals surface area contributed by atoms with Crippen LogP contribution in [-0.4, -0.2) is 44.4 Å². The summed E-state index contributed by atoms with van der Waals surface area (Å²) in [4.78, 5) is 32.5. The molecule has 7 nitrogen and oxygen atoms in total. The van der Waals surface area contributed by atoms with Crippen LogP contribution in [0.2, 0.25) is 0 Å². The molecule has 0 saturated carbocycles. The van der Waals surface area contributed by atoms with E-state index in [9.17, 15) is 14.0 Å². The molecular formula is C27H32FN5O2. The lowest BCUT2D eigenvalue weighted by atomic mass is 9.85. The zero-order valence-electron chi connectivity index (χ0n) is 20.5. The summed E-state index contributed by atoms with van der Waals surface area (Å²) in [5.74, 6) is 0.553. The molecule has 2 fully saturated rings. The van der Waals surface area contributed by atoms with Crippen molar-refractivity contribution >= 4 is 28.5 Å². The molecule has 35 heavy (non-hydrogen) atoms. The number of halogens is 1. The summed E-state index contributed by atoms with van der Waals surface area (Å²) in [5, 5.41) is 6.29. The third-order valence-corrected chi connectivity index (χ3v) is 7.68. The third kappa shape index (κ3) is 4.55. The number of imidazole rings is 1. The lowest BCUT2D eigenvalue weighted by Gasteiger charge is -2.38. The quantitative estimate of drug-likeness (QED) is 0.590. The molecule has 2 saturated heterocycles. The number of nitrogens with zero attached hydrogens (tertiary/aromatic N) is 3. The lowest BCUT2D eigenvalue weighted by Crippen LogP contribution is -2.56. The molecule has 2 aliphatic heterocycles. The van der Waals surface area contributed by atoms with Gasteiger partial charge < -0.3 is 15.2 Å². The Bertz CT molecular complexity index is 1270. The van der Waals surface area contributed by atoms with Gasteiger partial charge in [0.15, 0.2) is 0 Å². The first-order valence-electron chi connectivity index (χ1n) is 12.3. The molecule has 2 aromatic carbocycles. The molecule has 3 heterocycles. The Kier molecular flexibility index (Phi) is 6.09. The van der Waals surface area contributed by atoms with E-state index in [1.165, 1.54) is 12.1 Å². The Labute approximate surface area is 204 Å². The van der Waals surface area contributed by atoms with Gasteiger partial charge in [0.25, 0.3) is 0 Å². The number of rotatable bonds is 4. The van der Waals surface area contributed by atoms with Crippen molar-refractivity contribution in [2.75, 3.05) is 11.9 Å². The molecule has 0 radical (unpaired) electrons. The molecule has 2 N–H and O–H groups in total. The van der Waals surface area contributed by atoms with Crippen LogP contribution in [0.1, 0.15) is 56.5 Å². The average Bonchev–Trinajstić information content (AvgIpc) is 3.22. The zero-order valence-corrected chi connectivity index (χ0v) is 20.5. The second-order valence-corrected chi connectivity index (χ2v) is 10.1. The van der Waals surface area contributed by atoms with E-state index < -0.39 is 5.54 Å². The number of benzene rings is 2. The van der Waals surface area contributed by atoms with Gasteiger partial charge in [-0.2, -0.15) is 0 Å². The van der Waals surface area contributed by atoms with E-state index in [-0.39, 0.29) is 36.3 Å². The van der Waals surface area contributed by atoms with Crippen LogP contribution in [0.25, 0.3) is 11.0 Å². The van der Waals surface area contributed by atoms with Crippen molar-refractivity contribution in [2.24, 2.45) is 7.05 Å². The lowest BCUT2D eigenvalue weighted by molar-refractivity contribution is -0.123. The van der Waals surface area contributed by atoms with E-state index in [4.69, 9.17) is 0 Å². The molecule has 3 atom stereocenters. The molecule has 3 aromatic rings. The second kappa shape index (κ2) is 9.07. The molecule has 0 aliphatic carbocycles. The molecule has 1 aromatic heterocycles. The van der Waals surface area contributed by atoms with Crippen LogP contribution < -0.4 is 10.6 Å². The summed E-state index contributed by atoms with van der Waals surface area (Å²) in [5.41, 5.74) is 3.04. The molecule has 8 heteroatoms. The van der Waals surface area contributed by atoms with Gasteiger partial charge in [-0.3, -0.25) is 14.5 Å². The van der Waals surface area contributed by atoms with Crippen LogP contribution in [0.15, 0.2) is 42.5 Å². The number of aryl methyl sites for hydroxylation is 2. The largest absolute Gasteiger partial charge is 0.349 e. The van der Waals surface area contributed by atoms with E-state index in [2.05, 4.69) is 27.4 Å². The number of amides is 2. The Morgan fingerprint density at radius 2 is 2.00 bits per heavy atom. The maximum atomic E-state index is 13.6. The number of hydrogen-bond acceptors (Lipinski definition) is 4. The summed E-state index contributed by atoms with van der Waals surface area (Å²) in [6.45, 7) is 4.20. The van der Waals surface area contributed by atoms with Crippen molar-refractivity contribution in [3.8, 4) is 0 Å². The van der Waals surface area contributed by atoms with E-state index in [0.29, 0.717) is 18.5 Å². The van der Waals surface area contributed by atoms with E-state index in [0.717, 1.165) is 41.7 Å². The van der Waals surface area contributed by atoms with Gasteiger partial charge in [0, 0.05) is 31.2 Å². The number of aromatic nitrogens is 2. The van der Waals surface area contributed by atoms with Crippen molar-refractivity contribution in [1.29, 1.82) is 0 Å². The van der Waals surface area contributed by atoms with Gasteiger partial charge in [-0.25, -0.2) is 9.37 Å². The van der Waals surface area contributed by atoms with Crippen LogP contribution in [0, 0.1) is 12.7 Å². The van der Waals surface area contributed by atoms with Crippen molar-refractivity contribution < 1.29 is 14.0 Å². The second-order valence-electron chi connectivity index (χ2n) is 10.1. The minimum absolute atomic E-state index is 0.00785. The number of hydrogen-bond donors (Lipinski definition) is 2. The van der Waals surface area contributed by atoms with Crippen molar-refractivity contribution in [3.05, 3.63) is 59.7 Å². The maximum Gasteiger partial charge on any atom is 0.238 e. The molecular weight excluding hydrogens is 445 g/mol. The minimum Gasteiger partial charge on any atom is -0.349 e. The first-order valence-corrected chi connectivity index (χ1v) is 12.3. The zero-order chi connectivity index (χ0) is 24.7. The number of carbonyl (C=O) groups is 2. The Morgan fingerprint density at radius 1 is 1.23 bits per heavy atom. The summed E-state index contributed by atoms with van der Waals surface area (Å²) < 4.78 is 15.7. The number of nitrogens with one attached hydrogen (secondary N) is 2. The van der Waals surface area contributed by atoms with Gasteiger partial charge in [-0.15, -0.1) is 0 Å². The van der Waals surface area contributed by atoms with Gasteiger partial charge >= 0.3 is 0 Å². The Balaban J connectivity index is 1.41. The van der Waals surface area contributed by atoms with E-state index >= 15 is 0 Å². The third-order valence-electron chi connectivity index (χ3n) is 7.68. The Hall–Kier alpha value is -3.26. The minimum atomic E-state index is -0.457. The summed E-state index contributed by atoms with van der Waals surface area (Å²) in [6, 6.07) is 12.1. The maximum absolute atomic E-state index is 13.6. The predicted molar refractivity (Wildman–Crippen MR) is 133 cm³/mol.